The lowest BCUT2D eigenvalue weighted by atomic mass is 9.98. The minimum atomic E-state index is 0.408. The van der Waals surface area contributed by atoms with Crippen molar-refractivity contribution in [3.63, 3.8) is 0 Å². The van der Waals surface area contributed by atoms with Crippen LogP contribution in [-0.2, 0) is 6.42 Å². The zero-order valence-electron chi connectivity index (χ0n) is 12.3. The summed E-state index contributed by atoms with van der Waals surface area (Å²) in [4.78, 5) is 0. The van der Waals surface area contributed by atoms with E-state index >= 15 is 0 Å². The predicted octanol–water partition coefficient (Wildman–Crippen LogP) is 4.36. The van der Waals surface area contributed by atoms with Crippen LogP contribution in [0.5, 0.6) is 0 Å². The molecule has 0 bridgehead atoms. The Labute approximate surface area is 122 Å². The molecular weight excluding hydrogens is 242 g/mol. The van der Waals surface area contributed by atoms with Crippen LogP contribution in [0.25, 0.3) is 0 Å². The Kier molecular flexibility index (Phi) is 3.62. The van der Waals surface area contributed by atoms with Gasteiger partial charge in [0.05, 0.1) is 0 Å². The molecule has 1 N–H and O–H groups in total. The molecular formula is C19H23N. The molecule has 0 saturated heterocycles. The van der Waals surface area contributed by atoms with Gasteiger partial charge in [-0.3, -0.25) is 0 Å². The SMILES string of the molecule is CC1(C)CC1NC(Cc1ccccc1)c1ccccc1. The summed E-state index contributed by atoms with van der Waals surface area (Å²) in [7, 11) is 0. The Morgan fingerprint density at radius 2 is 1.55 bits per heavy atom. The van der Waals surface area contributed by atoms with Gasteiger partial charge in [-0.1, -0.05) is 74.5 Å². The molecule has 104 valence electrons. The summed E-state index contributed by atoms with van der Waals surface area (Å²) < 4.78 is 0. The molecule has 1 aliphatic rings. The van der Waals surface area contributed by atoms with Crippen LogP contribution in [0.4, 0.5) is 0 Å². The Balaban J connectivity index is 1.77. The molecule has 0 heterocycles. The molecule has 2 aromatic rings. The molecule has 3 rings (SSSR count). The van der Waals surface area contributed by atoms with Crippen molar-refractivity contribution >= 4 is 0 Å². The van der Waals surface area contributed by atoms with Crippen molar-refractivity contribution in [2.75, 3.05) is 0 Å². The second-order valence-corrected chi connectivity index (χ2v) is 6.56. The third kappa shape index (κ3) is 3.10. The van der Waals surface area contributed by atoms with Crippen LogP contribution in [0.3, 0.4) is 0 Å². The Morgan fingerprint density at radius 1 is 1.00 bits per heavy atom. The van der Waals surface area contributed by atoms with E-state index in [0.717, 1.165) is 6.42 Å². The second-order valence-electron chi connectivity index (χ2n) is 6.56. The molecule has 2 atom stereocenters. The van der Waals surface area contributed by atoms with E-state index in [0.29, 0.717) is 17.5 Å². The highest BCUT2D eigenvalue weighted by Crippen LogP contribution is 2.46. The Morgan fingerprint density at radius 3 is 2.10 bits per heavy atom. The molecule has 20 heavy (non-hydrogen) atoms. The van der Waals surface area contributed by atoms with Crippen molar-refractivity contribution in [2.45, 2.75) is 38.8 Å². The largest absolute Gasteiger partial charge is 0.306 e. The molecule has 1 heteroatoms. The summed E-state index contributed by atoms with van der Waals surface area (Å²) in [5, 5.41) is 3.85. The normalized spacial score (nSPS) is 21.4. The summed E-state index contributed by atoms with van der Waals surface area (Å²) in [6.45, 7) is 4.68. The fraction of sp³-hybridized carbons (Fsp3) is 0.368. The maximum atomic E-state index is 3.85. The van der Waals surface area contributed by atoms with Crippen molar-refractivity contribution < 1.29 is 0 Å². The highest BCUT2D eigenvalue weighted by Gasteiger charge is 2.46. The molecule has 1 aliphatic carbocycles. The third-order valence-electron chi connectivity index (χ3n) is 4.40. The van der Waals surface area contributed by atoms with Crippen LogP contribution in [0.1, 0.15) is 37.4 Å². The molecule has 2 unspecified atom stereocenters. The average Bonchev–Trinajstić information content (AvgIpc) is 3.07. The second kappa shape index (κ2) is 5.41. The van der Waals surface area contributed by atoms with E-state index < -0.39 is 0 Å². The van der Waals surface area contributed by atoms with Gasteiger partial charge in [-0.2, -0.15) is 0 Å². The van der Waals surface area contributed by atoms with Gasteiger partial charge in [0.2, 0.25) is 0 Å². The van der Waals surface area contributed by atoms with E-state index in [2.05, 4.69) is 79.8 Å². The molecule has 0 aliphatic heterocycles. The van der Waals surface area contributed by atoms with Gasteiger partial charge in [-0.25, -0.2) is 0 Å². The maximum Gasteiger partial charge on any atom is 0.0363 e. The number of rotatable bonds is 5. The molecule has 1 fully saturated rings. The maximum absolute atomic E-state index is 3.85. The van der Waals surface area contributed by atoms with Crippen molar-refractivity contribution in [3.05, 3.63) is 71.8 Å². The minimum absolute atomic E-state index is 0.408. The smallest absolute Gasteiger partial charge is 0.0363 e. The van der Waals surface area contributed by atoms with E-state index in [1.54, 1.807) is 0 Å². The quantitative estimate of drug-likeness (QED) is 0.847. The number of hydrogen-bond acceptors (Lipinski definition) is 1. The Hall–Kier alpha value is -1.60. The van der Waals surface area contributed by atoms with Gasteiger partial charge < -0.3 is 5.32 Å². The average molecular weight is 265 g/mol. The van der Waals surface area contributed by atoms with Crippen LogP contribution in [0.2, 0.25) is 0 Å². The van der Waals surface area contributed by atoms with E-state index in [1.807, 2.05) is 0 Å². The van der Waals surface area contributed by atoms with Gasteiger partial charge in [-0.15, -0.1) is 0 Å². The first kappa shape index (κ1) is 13.4. The van der Waals surface area contributed by atoms with Crippen molar-refractivity contribution in [1.82, 2.24) is 5.32 Å². The first-order valence-electron chi connectivity index (χ1n) is 7.50. The Bertz CT molecular complexity index is 544. The summed E-state index contributed by atoms with van der Waals surface area (Å²) >= 11 is 0. The zero-order chi connectivity index (χ0) is 14.0. The van der Waals surface area contributed by atoms with Gasteiger partial charge in [0.25, 0.3) is 0 Å². The standard InChI is InChI=1S/C19H23N/c1-19(2)14-18(19)20-17(16-11-7-4-8-12-16)13-15-9-5-3-6-10-15/h3-12,17-18,20H,13-14H2,1-2H3. The van der Waals surface area contributed by atoms with E-state index in [-0.39, 0.29) is 0 Å². The fourth-order valence-electron chi connectivity index (χ4n) is 2.80. The lowest BCUT2D eigenvalue weighted by Gasteiger charge is -2.20. The first-order chi connectivity index (χ1) is 9.65. The summed E-state index contributed by atoms with van der Waals surface area (Å²) in [6.07, 6.45) is 2.34. The third-order valence-corrected chi connectivity index (χ3v) is 4.40. The summed E-state index contributed by atoms with van der Waals surface area (Å²) in [6, 6.07) is 22.6. The molecule has 0 radical (unpaired) electrons. The van der Waals surface area contributed by atoms with Crippen molar-refractivity contribution in [1.29, 1.82) is 0 Å². The number of hydrogen-bond donors (Lipinski definition) is 1. The van der Waals surface area contributed by atoms with Gasteiger partial charge in [0.1, 0.15) is 0 Å². The van der Waals surface area contributed by atoms with E-state index in [9.17, 15) is 0 Å². The number of benzene rings is 2. The zero-order valence-corrected chi connectivity index (χ0v) is 12.3. The van der Waals surface area contributed by atoms with Crippen LogP contribution in [-0.4, -0.2) is 6.04 Å². The molecule has 0 aromatic heterocycles. The molecule has 1 saturated carbocycles. The van der Waals surface area contributed by atoms with Gasteiger partial charge in [0.15, 0.2) is 0 Å². The summed E-state index contributed by atoms with van der Waals surface area (Å²) in [5.74, 6) is 0. The van der Waals surface area contributed by atoms with Crippen molar-refractivity contribution in [3.8, 4) is 0 Å². The lowest BCUT2D eigenvalue weighted by molar-refractivity contribution is 0.468. The minimum Gasteiger partial charge on any atom is -0.306 e. The highest BCUT2D eigenvalue weighted by atomic mass is 15.0. The molecule has 1 nitrogen and oxygen atoms in total. The van der Waals surface area contributed by atoms with Gasteiger partial charge in [-0.05, 0) is 29.4 Å². The van der Waals surface area contributed by atoms with Gasteiger partial charge in [0, 0.05) is 12.1 Å². The lowest BCUT2D eigenvalue weighted by Crippen LogP contribution is -2.28. The van der Waals surface area contributed by atoms with E-state index in [1.165, 1.54) is 17.5 Å². The highest BCUT2D eigenvalue weighted by molar-refractivity contribution is 5.24. The molecule has 0 spiro atoms. The van der Waals surface area contributed by atoms with Crippen LogP contribution >= 0.6 is 0 Å². The topological polar surface area (TPSA) is 12.0 Å². The van der Waals surface area contributed by atoms with Crippen LogP contribution in [0, 0.1) is 5.41 Å². The number of nitrogens with one attached hydrogen (secondary N) is 1. The molecule has 0 amide bonds. The first-order valence-corrected chi connectivity index (χ1v) is 7.50. The monoisotopic (exact) mass is 265 g/mol. The predicted molar refractivity (Wildman–Crippen MR) is 84.7 cm³/mol. The van der Waals surface area contributed by atoms with Crippen molar-refractivity contribution in [2.24, 2.45) is 5.41 Å². The summed E-state index contributed by atoms with van der Waals surface area (Å²) in [5.41, 5.74) is 3.25. The fourth-order valence-corrected chi connectivity index (χ4v) is 2.80. The van der Waals surface area contributed by atoms with Crippen LogP contribution in [0.15, 0.2) is 60.7 Å². The molecule has 2 aromatic carbocycles. The van der Waals surface area contributed by atoms with E-state index in [4.69, 9.17) is 0 Å². The van der Waals surface area contributed by atoms with Crippen LogP contribution < -0.4 is 5.32 Å². The van der Waals surface area contributed by atoms with Gasteiger partial charge >= 0.3 is 0 Å².